The highest BCUT2D eigenvalue weighted by Crippen LogP contribution is 2.20. The maximum absolute atomic E-state index is 12.9. The Kier molecular flexibility index (Phi) is 6.91. The zero-order chi connectivity index (χ0) is 24.9. The number of carbonyl (C=O) groups is 1. The van der Waals surface area contributed by atoms with Crippen LogP contribution in [0.5, 0.6) is 0 Å². The molecule has 0 radical (unpaired) electrons. The summed E-state index contributed by atoms with van der Waals surface area (Å²) in [4.78, 5) is 30.2. The number of rotatable bonds is 6. The third kappa shape index (κ3) is 5.37. The van der Waals surface area contributed by atoms with E-state index in [-0.39, 0.29) is 5.69 Å². The molecule has 1 amide bonds. The maximum Gasteiger partial charge on any atom is 0.280 e. The van der Waals surface area contributed by atoms with Crippen molar-refractivity contribution in [2.24, 2.45) is 0 Å². The zero-order valence-electron chi connectivity index (χ0n) is 20.3. The van der Waals surface area contributed by atoms with Crippen LogP contribution in [0.15, 0.2) is 95.8 Å². The molecule has 0 spiro atoms. The van der Waals surface area contributed by atoms with Crippen molar-refractivity contribution in [3.8, 4) is 5.69 Å². The van der Waals surface area contributed by atoms with Gasteiger partial charge in [-0.25, -0.2) is 4.68 Å². The van der Waals surface area contributed by atoms with Gasteiger partial charge in [-0.05, 0) is 48.9 Å². The number of carbonyl (C=O) groups excluding carboxylic acids is 1. The fourth-order valence-electron chi connectivity index (χ4n) is 4.49. The van der Waals surface area contributed by atoms with E-state index in [2.05, 4.69) is 44.5 Å². The normalized spacial score (nSPS) is 14.0. The lowest BCUT2D eigenvalue weighted by Crippen LogP contribution is -2.45. The van der Waals surface area contributed by atoms with Gasteiger partial charge in [0.25, 0.3) is 5.91 Å². The van der Waals surface area contributed by atoms with E-state index in [0.29, 0.717) is 11.4 Å². The molecule has 0 aliphatic carbocycles. The summed E-state index contributed by atoms with van der Waals surface area (Å²) < 4.78 is 1.61. The quantitative estimate of drug-likeness (QED) is 0.451. The van der Waals surface area contributed by atoms with Crippen LogP contribution in [0.3, 0.4) is 0 Å². The standard InChI is InChI=1S/C29H29N5O2/c1-22-20-27(35)28(31-34(22)26-10-6-3-7-11-26)29(36)30-24-12-14-25(15-13-24)33-18-16-32(17-19-33)21-23-8-4-2-5-9-23/h2-15,20H,16-19,21H2,1H3,(H,30,36). The van der Waals surface area contributed by atoms with E-state index in [9.17, 15) is 9.59 Å². The minimum atomic E-state index is -0.521. The second kappa shape index (κ2) is 10.6. The Labute approximate surface area is 210 Å². The molecule has 0 unspecified atom stereocenters. The first kappa shape index (κ1) is 23.5. The number of amides is 1. The Balaban J connectivity index is 1.22. The molecule has 3 aromatic carbocycles. The molecular formula is C29H29N5O2. The fraction of sp³-hybridized carbons (Fsp3) is 0.207. The molecule has 1 N–H and O–H groups in total. The summed E-state index contributed by atoms with van der Waals surface area (Å²) >= 11 is 0. The van der Waals surface area contributed by atoms with Gasteiger partial charge in [-0.15, -0.1) is 0 Å². The second-order valence-corrected chi connectivity index (χ2v) is 9.00. The first-order valence-electron chi connectivity index (χ1n) is 12.2. The van der Waals surface area contributed by atoms with Crippen LogP contribution in [0.4, 0.5) is 11.4 Å². The summed E-state index contributed by atoms with van der Waals surface area (Å²) in [7, 11) is 0. The summed E-state index contributed by atoms with van der Waals surface area (Å²) in [6.45, 7) is 6.66. The highest BCUT2D eigenvalue weighted by molar-refractivity contribution is 6.02. The van der Waals surface area contributed by atoms with Crippen molar-refractivity contribution in [1.82, 2.24) is 14.7 Å². The number of aryl methyl sites for hydroxylation is 1. The van der Waals surface area contributed by atoms with E-state index in [1.165, 1.54) is 11.6 Å². The lowest BCUT2D eigenvalue weighted by molar-refractivity contribution is 0.101. The van der Waals surface area contributed by atoms with Crippen molar-refractivity contribution in [3.05, 3.63) is 118 Å². The number of nitrogens with zero attached hydrogens (tertiary/aromatic N) is 4. The average Bonchev–Trinajstić information content (AvgIpc) is 2.91. The molecule has 5 rings (SSSR count). The zero-order valence-corrected chi connectivity index (χ0v) is 20.3. The molecule has 7 nitrogen and oxygen atoms in total. The molecule has 1 aliphatic rings. The van der Waals surface area contributed by atoms with Crippen LogP contribution in [-0.4, -0.2) is 46.8 Å². The number of piperazine rings is 1. The van der Waals surface area contributed by atoms with Crippen molar-refractivity contribution >= 4 is 17.3 Å². The molecule has 1 aromatic heterocycles. The van der Waals surface area contributed by atoms with Gasteiger partial charge in [0.1, 0.15) is 0 Å². The number of anilines is 2. The maximum atomic E-state index is 12.9. The van der Waals surface area contributed by atoms with Crippen LogP contribution >= 0.6 is 0 Å². The smallest absolute Gasteiger partial charge is 0.280 e. The van der Waals surface area contributed by atoms with Crippen LogP contribution < -0.4 is 15.6 Å². The average molecular weight is 480 g/mol. The molecule has 1 saturated heterocycles. The number of hydrogen-bond acceptors (Lipinski definition) is 5. The van der Waals surface area contributed by atoms with Gasteiger partial charge in [-0.2, -0.15) is 5.10 Å². The van der Waals surface area contributed by atoms with E-state index >= 15 is 0 Å². The largest absolute Gasteiger partial charge is 0.369 e. The number of hydrogen-bond donors (Lipinski definition) is 1. The van der Waals surface area contributed by atoms with Crippen LogP contribution in [-0.2, 0) is 6.54 Å². The highest BCUT2D eigenvalue weighted by atomic mass is 16.2. The number of aromatic nitrogens is 2. The van der Waals surface area contributed by atoms with E-state index < -0.39 is 11.3 Å². The summed E-state index contributed by atoms with van der Waals surface area (Å²) in [6.07, 6.45) is 0. The Morgan fingerprint density at radius 1 is 0.833 bits per heavy atom. The van der Waals surface area contributed by atoms with Crippen molar-refractivity contribution < 1.29 is 4.79 Å². The second-order valence-electron chi connectivity index (χ2n) is 9.00. The Morgan fingerprint density at radius 3 is 2.14 bits per heavy atom. The predicted octanol–water partition coefficient (Wildman–Crippen LogP) is 4.12. The first-order valence-corrected chi connectivity index (χ1v) is 12.2. The summed E-state index contributed by atoms with van der Waals surface area (Å²) in [5, 5.41) is 7.17. The van der Waals surface area contributed by atoms with E-state index in [1.54, 1.807) is 11.6 Å². The fourth-order valence-corrected chi connectivity index (χ4v) is 4.49. The third-order valence-electron chi connectivity index (χ3n) is 6.43. The van der Waals surface area contributed by atoms with Crippen LogP contribution in [0.2, 0.25) is 0 Å². The number of nitrogens with one attached hydrogen (secondary N) is 1. The topological polar surface area (TPSA) is 70.5 Å². The molecule has 0 bridgehead atoms. The lowest BCUT2D eigenvalue weighted by Gasteiger charge is -2.36. The van der Waals surface area contributed by atoms with Crippen molar-refractivity contribution in [3.63, 3.8) is 0 Å². The first-order chi connectivity index (χ1) is 17.6. The molecule has 1 aliphatic heterocycles. The van der Waals surface area contributed by atoms with Gasteiger partial charge in [-0.3, -0.25) is 14.5 Å². The van der Waals surface area contributed by atoms with Gasteiger partial charge in [0.15, 0.2) is 5.69 Å². The van der Waals surface area contributed by atoms with Crippen LogP contribution in [0, 0.1) is 6.92 Å². The molecule has 4 aromatic rings. The number of benzene rings is 3. The monoisotopic (exact) mass is 479 g/mol. The molecule has 0 atom stereocenters. The van der Waals surface area contributed by atoms with Crippen molar-refractivity contribution in [2.45, 2.75) is 13.5 Å². The Bertz CT molecular complexity index is 1380. The molecule has 2 heterocycles. The van der Waals surface area contributed by atoms with Gasteiger partial charge in [0.2, 0.25) is 5.43 Å². The van der Waals surface area contributed by atoms with Gasteiger partial charge in [-0.1, -0.05) is 48.5 Å². The van der Waals surface area contributed by atoms with Gasteiger partial charge >= 0.3 is 0 Å². The van der Waals surface area contributed by atoms with Crippen molar-refractivity contribution in [2.75, 3.05) is 36.4 Å². The van der Waals surface area contributed by atoms with Crippen molar-refractivity contribution in [1.29, 1.82) is 0 Å². The molecule has 1 fully saturated rings. The third-order valence-corrected chi connectivity index (χ3v) is 6.43. The van der Waals surface area contributed by atoms with E-state index in [4.69, 9.17) is 0 Å². The molecule has 182 valence electrons. The molecule has 36 heavy (non-hydrogen) atoms. The summed E-state index contributed by atoms with van der Waals surface area (Å²) in [6, 6.07) is 29.2. The molecule has 7 heteroatoms. The Hall–Kier alpha value is -4.23. The SMILES string of the molecule is Cc1cc(=O)c(C(=O)Nc2ccc(N3CCN(Cc4ccccc4)CC3)cc2)nn1-c1ccccc1. The van der Waals surface area contributed by atoms with Gasteiger partial charge in [0.05, 0.1) is 5.69 Å². The minimum Gasteiger partial charge on any atom is -0.369 e. The predicted molar refractivity (Wildman–Crippen MR) is 143 cm³/mol. The van der Waals surface area contributed by atoms with Crippen LogP contribution in [0.1, 0.15) is 21.7 Å². The highest BCUT2D eigenvalue weighted by Gasteiger charge is 2.18. The van der Waals surface area contributed by atoms with E-state index in [0.717, 1.165) is 44.1 Å². The van der Waals surface area contributed by atoms with Crippen LogP contribution in [0.25, 0.3) is 5.69 Å². The Morgan fingerprint density at radius 2 is 1.47 bits per heavy atom. The minimum absolute atomic E-state index is 0.136. The molecule has 0 saturated carbocycles. The van der Waals surface area contributed by atoms with Gasteiger partial charge in [0, 0.05) is 55.9 Å². The molecular weight excluding hydrogens is 450 g/mol. The van der Waals surface area contributed by atoms with E-state index in [1.807, 2.05) is 60.7 Å². The lowest BCUT2D eigenvalue weighted by atomic mass is 10.2. The summed E-state index contributed by atoms with van der Waals surface area (Å²) in [5.41, 5.74) is 4.00. The summed E-state index contributed by atoms with van der Waals surface area (Å²) in [5.74, 6) is -0.521. The van der Waals surface area contributed by atoms with Gasteiger partial charge < -0.3 is 10.2 Å². The number of para-hydroxylation sites is 1.